The van der Waals surface area contributed by atoms with Gasteiger partial charge in [0.15, 0.2) is 0 Å². The molecule has 10 heteroatoms. The molecule has 0 spiro atoms. The third kappa shape index (κ3) is 3.90. The van der Waals surface area contributed by atoms with Crippen molar-refractivity contribution < 1.29 is 21.6 Å². The standard InChI is InChI=1S/C19H17F3N4O2S/c20-19(21,22)18-24-16-6-2-1-5-15(16)17(25-18)23-13-7-9-14(10-8-13)29(27,28)26-11-3-4-12-26/h1-2,5-10H,3-4,11-12H2,(H,23,24,25). The number of aromatic nitrogens is 2. The van der Waals surface area contributed by atoms with Gasteiger partial charge in [0, 0.05) is 24.2 Å². The van der Waals surface area contributed by atoms with Gasteiger partial charge in [-0.15, -0.1) is 0 Å². The third-order valence-corrected chi connectivity index (χ3v) is 6.59. The maximum atomic E-state index is 13.1. The lowest BCUT2D eigenvalue weighted by Gasteiger charge is -2.16. The van der Waals surface area contributed by atoms with Gasteiger partial charge in [0.05, 0.1) is 10.4 Å². The average molecular weight is 422 g/mol. The number of fused-ring (bicyclic) bond motifs is 1. The highest BCUT2D eigenvalue weighted by Crippen LogP contribution is 2.31. The monoisotopic (exact) mass is 422 g/mol. The molecule has 2 aromatic carbocycles. The molecular formula is C19H17F3N4O2S. The van der Waals surface area contributed by atoms with Gasteiger partial charge in [0.1, 0.15) is 5.82 Å². The highest BCUT2D eigenvalue weighted by atomic mass is 32.2. The summed E-state index contributed by atoms with van der Waals surface area (Å²) in [4.78, 5) is 7.35. The number of para-hydroxylation sites is 1. The summed E-state index contributed by atoms with van der Waals surface area (Å²) in [6.45, 7) is 0.991. The molecule has 0 amide bonds. The number of halogens is 3. The van der Waals surface area contributed by atoms with Crippen molar-refractivity contribution >= 4 is 32.4 Å². The molecule has 0 radical (unpaired) electrons. The summed E-state index contributed by atoms with van der Waals surface area (Å²) in [5.41, 5.74) is 0.577. The molecule has 1 saturated heterocycles. The minimum Gasteiger partial charge on any atom is -0.340 e. The number of alkyl halides is 3. The van der Waals surface area contributed by atoms with E-state index in [1.54, 1.807) is 18.2 Å². The molecule has 152 valence electrons. The SMILES string of the molecule is O=S(=O)(c1ccc(Nc2nc(C(F)(F)F)nc3ccccc23)cc1)N1CCCC1. The average Bonchev–Trinajstić information content (AvgIpc) is 3.23. The first-order valence-corrected chi connectivity index (χ1v) is 10.4. The van der Waals surface area contributed by atoms with E-state index in [0.717, 1.165) is 12.8 Å². The highest BCUT2D eigenvalue weighted by molar-refractivity contribution is 7.89. The number of rotatable bonds is 4. The van der Waals surface area contributed by atoms with Gasteiger partial charge in [0.2, 0.25) is 15.8 Å². The Morgan fingerprint density at radius 2 is 1.59 bits per heavy atom. The molecule has 1 aliphatic rings. The fourth-order valence-corrected chi connectivity index (χ4v) is 4.74. The molecule has 1 aromatic heterocycles. The summed E-state index contributed by atoms with van der Waals surface area (Å²) in [5, 5.41) is 3.27. The maximum absolute atomic E-state index is 13.1. The number of hydrogen-bond acceptors (Lipinski definition) is 5. The number of sulfonamides is 1. The van der Waals surface area contributed by atoms with Crippen molar-refractivity contribution in [3.8, 4) is 0 Å². The minimum atomic E-state index is -4.69. The van der Waals surface area contributed by atoms with E-state index in [-0.39, 0.29) is 16.2 Å². The van der Waals surface area contributed by atoms with Crippen molar-refractivity contribution in [3.63, 3.8) is 0 Å². The molecule has 29 heavy (non-hydrogen) atoms. The first-order valence-electron chi connectivity index (χ1n) is 8.96. The normalized spacial score (nSPS) is 15.7. The van der Waals surface area contributed by atoms with Crippen molar-refractivity contribution in [3.05, 3.63) is 54.4 Å². The minimum absolute atomic E-state index is 0.00178. The second-order valence-electron chi connectivity index (χ2n) is 6.67. The molecule has 2 heterocycles. The van der Waals surface area contributed by atoms with Crippen LogP contribution in [0.2, 0.25) is 0 Å². The van der Waals surface area contributed by atoms with Crippen LogP contribution < -0.4 is 5.32 Å². The molecule has 0 saturated carbocycles. The Morgan fingerprint density at radius 1 is 0.931 bits per heavy atom. The molecule has 1 N–H and O–H groups in total. The fourth-order valence-electron chi connectivity index (χ4n) is 3.22. The van der Waals surface area contributed by atoms with E-state index in [1.807, 2.05) is 0 Å². The van der Waals surface area contributed by atoms with Crippen LogP contribution in [-0.2, 0) is 16.2 Å². The quantitative estimate of drug-likeness (QED) is 0.683. The second kappa shape index (κ2) is 7.27. The van der Waals surface area contributed by atoms with E-state index in [4.69, 9.17) is 0 Å². The van der Waals surface area contributed by atoms with Crippen LogP contribution in [0.5, 0.6) is 0 Å². The zero-order valence-electron chi connectivity index (χ0n) is 15.1. The molecule has 6 nitrogen and oxygen atoms in total. The van der Waals surface area contributed by atoms with E-state index in [2.05, 4.69) is 15.3 Å². The number of hydrogen-bond donors (Lipinski definition) is 1. The first kappa shape index (κ1) is 19.6. The van der Waals surface area contributed by atoms with Gasteiger partial charge in [0.25, 0.3) is 0 Å². The smallest absolute Gasteiger partial charge is 0.340 e. The predicted octanol–water partition coefficient (Wildman–Crippen LogP) is 4.18. The van der Waals surface area contributed by atoms with E-state index < -0.39 is 22.0 Å². The van der Waals surface area contributed by atoms with Crippen molar-refractivity contribution in [1.29, 1.82) is 0 Å². The van der Waals surface area contributed by atoms with Gasteiger partial charge in [-0.05, 0) is 49.2 Å². The number of nitrogens with zero attached hydrogens (tertiary/aromatic N) is 3. The lowest BCUT2D eigenvalue weighted by atomic mass is 10.2. The van der Waals surface area contributed by atoms with E-state index in [9.17, 15) is 21.6 Å². The Bertz CT molecular complexity index is 1140. The maximum Gasteiger partial charge on any atom is 0.451 e. The zero-order valence-corrected chi connectivity index (χ0v) is 16.0. The Balaban J connectivity index is 1.67. The van der Waals surface area contributed by atoms with Gasteiger partial charge in [-0.1, -0.05) is 12.1 Å². The lowest BCUT2D eigenvalue weighted by molar-refractivity contribution is -0.144. The van der Waals surface area contributed by atoms with Gasteiger partial charge in [-0.3, -0.25) is 0 Å². The lowest BCUT2D eigenvalue weighted by Crippen LogP contribution is -2.27. The van der Waals surface area contributed by atoms with Gasteiger partial charge < -0.3 is 5.32 Å². The summed E-state index contributed by atoms with van der Waals surface area (Å²) in [6, 6.07) is 12.2. The molecule has 1 fully saturated rings. The second-order valence-corrected chi connectivity index (χ2v) is 8.61. The highest BCUT2D eigenvalue weighted by Gasteiger charge is 2.35. The molecular weight excluding hydrogens is 405 g/mol. The molecule has 4 rings (SSSR count). The van der Waals surface area contributed by atoms with Gasteiger partial charge in [-0.2, -0.15) is 17.5 Å². The van der Waals surface area contributed by atoms with Crippen LogP contribution >= 0.6 is 0 Å². The van der Waals surface area contributed by atoms with Gasteiger partial charge >= 0.3 is 6.18 Å². The van der Waals surface area contributed by atoms with Crippen LogP contribution in [0, 0.1) is 0 Å². The molecule has 0 aliphatic carbocycles. The Labute approximate surface area is 165 Å². The van der Waals surface area contributed by atoms with Crippen LogP contribution in [0.4, 0.5) is 24.7 Å². The summed E-state index contributed by atoms with van der Waals surface area (Å²) in [6.07, 6.45) is -3.02. The molecule has 0 unspecified atom stereocenters. The van der Waals surface area contributed by atoms with Crippen LogP contribution in [0.1, 0.15) is 18.7 Å². The number of benzene rings is 2. The number of anilines is 2. The van der Waals surface area contributed by atoms with Crippen LogP contribution in [-0.4, -0.2) is 35.8 Å². The van der Waals surface area contributed by atoms with Crippen molar-refractivity contribution in [1.82, 2.24) is 14.3 Å². The summed E-state index contributed by atoms with van der Waals surface area (Å²) in [5.74, 6) is -1.25. The predicted molar refractivity (Wildman–Crippen MR) is 102 cm³/mol. The first-order chi connectivity index (χ1) is 13.7. The fraction of sp³-hybridized carbons (Fsp3) is 0.263. The summed E-state index contributed by atoms with van der Waals surface area (Å²) < 4.78 is 66.0. The molecule has 0 bridgehead atoms. The Hall–Kier alpha value is -2.72. The van der Waals surface area contributed by atoms with Crippen molar-refractivity contribution in [2.24, 2.45) is 0 Å². The largest absolute Gasteiger partial charge is 0.451 e. The van der Waals surface area contributed by atoms with Gasteiger partial charge in [-0.25, -0.2) is 18.4 Å². The Morgan fingerprint density at radius 3 is 2.24 bits per heavy atom. The third-order valence-electron chi connectivity index (χ3n) is 4.68. The molecule has 1 aliphatic heterocycles. The van der Waals surface area contributed by atoms with Crippen LogP contribution in [0.25, 0.3) is 10.9 Å². The van der Waals surface area contributed by atoms with Crippen molar-refractivity contribution in [2.45, 2.75) is 23.9 Å². The Kier molecular flexibility index (Phi) is 4.91. The zero-order chi connectivity index (χ0) is 20.6. The van der Waals surface area contributed by atoms with E-state index >= 15 is 0 Å². The summed E-state index contributed by atoms with van der Waals surface area (Å²) in [7, 11) is -3.56. The number of nitrogens with one attached hydrogen (secondary N) is 1. The topological polar surface area (TPSA) is 75.2 Å². The van der Waals surface area contributed by atoms with E-state index in [0.29, 0.717) is 24.2 Å². The van der Waals surface area contributed by atoms with Crippen molar-refractivity contribution in [2.75, 3.05) is 18.4 Å². The summed E-state index contributed by atoms with van der Waals surface area (Å²) >= 11 is 0. The van der Waals surface area contributed by atoms with Crippen LogP contribution in [0.15, 0.2) is 53.4 Å². The molecule has 0 atom stereocenters. The van der Waals surface area contributed by atoms with E-state index in [1.165, 1.54) is 34.6 Å². The van der Waals surface area contributed by atoms with Crippen LogP contribution in [0.3, 0.4) is 0 Å². The molecule has 3 aromatic rings.